The van der Waals surface area contributed by atoms with Crippen molar-refractivity contribution in [2.75, 3.05) is 0 Å². The van der Waals surface area contributed by atoms with Crippen LogP contribution in [0.3, 0.4) is 0 Å². The van der Waals surface area contributed by atoms with Gasteiger partial charge in [0.2, 0.25) is 0 Å². The van der Waals surface area contributed by atoms with E-state index in [1.807, 2.05) is 38.5 Å². The third-order valence-electron chi connectivity index (χ3n) is 5.53. The number of hydrogen-bond acceptors (Lipinski definition) is 6. The second kappa shape index (κ2) is 7.46. The zero-order valence-electron chi connectivity index (χ0n) is 18.0. The zero-order chi connectivity index (χ0) is 22.5. The largest absolute Gasteiger partial charge is 0.335 e. The lowest BCUT2D eigenvalue weighted by atomic mass is 10.1. The Balaban J connectivity index is 1.48. The first kappa shape index (κ1) is 19.5. The van der Waals surface area contributed by atoms with Gasteiger partial charge in [-0.2, -0.15) is 5.10 Å². The smallest absolute Gasteiger partial charge is 0.159 e. The highest BCUT2D eigenvalue weighted by atomic mass is 32.1. The Labute approximate surface area is 193 Å². The van der Waals surface area contributed by atoms with Crippen LogP contribution in [0.4, 0.5) is 0 Å². The van der Waals surface area contributed by atoms with Crippen molar-refractivity contribution in [1.82, 2.24) is 35.1 Å². The maximum Gasteiger partial charge on any atom is 0.159 e. The molecule has 6 aromatic heterocycles. The van der Waals surface area contributed by atoms with Gasteiger partial charge in [-0.3, -0.25) is 20.1 Å². The molecule has 0 aromatic carbocycles. The van der Waals surface area contributed by atoms with Crippen LogP contribution >= 0.6 is 11.3 Å². The summed E-state index contributed by atoms with van der Waals surface area (Å²) in [6, 6.07) is 8.28. The summed E-state index contributed by atoms with van der Waals surface area (Å²) in [6.45, 7) is 8.08. The molecule has 160 valence electrons. The van der Waals surface area contributed by atoms with Crippen molar-refractivity contribution in [3.8, 4) is 33.2 Å². The van der Waals surface area contributed by atoms with Crippen molar-refractivity contribution < 1.29 is 0 Å². The SMILES string of the molecule is C=C(C)c1ccc(-c2cncc3[nH]c(-c4n[nH]c5cnc(-c6cncc(C)c6)cc45)nc23)s1. The standard InChI is InChI=1S/C25H19N7S/c1-13(2)21-4-5-22(33-21)17-10-27-11-20-23(17)30-25(29-20)24-16-7-18(28-12-19(16)31-32-24)15-6-14(3)8-26-9-15/h4-12H,1H2,2-3H3,(H,29,30)(H,31,32). The lowest BCUT2D eigenvalue weighted by Crippen LogP contribution is -1.87. The summed E-state index contributed by atoms with van der Waals surface area (Å²) in [4.78, 5) is 23.9. The van der Waals surface area contributed by atoms with E-state index in [1.165, 1.54) is 0 Å². The van der Waals surface area contributed by atoms with Crippen molar-refractivity contribution in [2.45, 2.75) is 13.8 Å². The average molecular weight is 450 g/mol. The van der Waals surface area contributed by atoms with Gasteiger partial charge < -0.3 is 4.98 Å². The number of rotatable bonds is 4. The van der Waals surface area contributed by atoms with Gasteiger partial charge in [-0.15, -0.1) is 11.3 Å². The fourth-order valence-electron chi connectivity index (χ4n) is 3.89. The minimum absolute atomic E-state index is 0.682. The first-order valence-corrected chi connectivity index (χ1v) is 11.2. The Morgan fingerprint density at radius 1 is 1.00 bits per heavy atom. The van der Waals surface area contributed by atoms with Gasteiger partial charge >= 0.3 is 0 Å². The Morgan fingerprint density at radius 2 is 1.88 bits per heavy atom. The molecule has 0 aliphatic rings. The number of imidazole rings is 1. The first-order valence-electron chi connectivity index (χ1n) is 10.4. The second-order valence-electron chi connectivity index (χ2n) is 8.05. The molecule has 6 rings (SSSR count). The second-order valence-corrected chi connectivity index (χ2v) is 9.13. The van der Waals surface area contributed by atoms with Gasteiger partial charge in [0.1, 0.15) is 11.2 Å². The summed E-state index contributed by atoms with van der Waals surface area (Å²) in [5.74, 6) is 0.682. The van der Waals surface area contributed by atoms with Crippen molar-refractivity contribution >= 4 is 38.8 Å². The topological polar surface area (TPSA) is 96.0 Å². The van der Waals surface area contributed by atoms with Crippen LogP contribution in [0, 0.1) is 6.92 Å². The molecular formula is C25H19N7S. The minimum atomic E-state index is 0.682. The lowest BCUT2D eigenvalue weighted by molar-refractivity contribution is 1.10. The molecule has 0 radical (unpaired) electrons. The Hall–Kier alpha value is -4.17. The van der Waals surface area contributed by atoms with E-state index in [9.17, 15) is 0 Å². The lowest BCUT2D eigenvalue weighted by Gasteiger charge is -2.02. The van der Waals surface area contributed by atoms with Gasteiger partial charge in [0.15, 0.2) is 5.82 Å². The zero-order valence-corrected chi connectivity index (χ0v) is 18.9. The number of allylic oxidation sites excluding steroid dienone is 1. The van der Waals surface area contributed by atoms with E-state index < -0.39 is 0 Å². The summed E-state index contributed by atoms with van der Waals surface area (Å²) < 4.78 is 0. The molecule has 0 saturated heterocycles. The molecule has 0 spiro atoms. The number of nitrogens with zero attached hydrogens (tertiary/aromatic N) is 5. The Morgan fingerprint density at radius 3 is 2.70 bits per heavy atom. The van der Waals surface area contributed by atoms with E-state index >= 15 is 0 Å². The van der Waals surface area contributed by atoms with Crippen LogP contribution < -0.4 is 0 Å². The van der Waals surface area contributed by atoms with E-state index in [1.54, 1.807) is 23.7 Å². The van der Waals surface area contributed by atoms with Crippen LogP contribution in [0.25, 0.3) is 60.7 Å². The number of pyridine rings is 3. The summed E-state index contributed by atoms with van der Waals surface area (Å²) in [6.07, 6.45) is 9.10. The monoisotopic (exact) mass is 449 g/mol. The van der Waals surface area contributed by atoms with E-state index in [4.69, 9.17) is 4.98 Å². The molecule has 0 amide bonds. The Kier molecular flexibility index (Phi) is 4.41. The molecule has 0 atom stereocenters. The molecule has 6 aromatic rings. The maximum absolute atomic E-state index is 4.93. The van der Waals surface area contributed by atoms with Crippen LogP contribution in [-0.2, 0) is 0 Å². The number of aromatic nitrogens is 7. The molecule has 7 nitrogen and oxygen atoms in total. The van der Waals surface area contributed by atoms with Crippen LogP contribution in [-0.4, -0.2) is 35.1 Å². The van der Waals surface area contributed by atoms with Crippen LogP contribution in [0.15, 0.2) is 61.8 Å². The highest BCUT2D eigenvalue weighted by Crippen LogP contribution is 2.36. The summed E-state index contributed by atoms with van der Waals surface area (Å²) >= 11 is 1.69. The first-order chi connectivity index (χ1) is 16.1. The molecule has 0 aliphatic heterocycles. The number of nitrogens with one attached hydrogen (secondary N) is 2. The number of aryl methyl sites for hydroxylation is 1. The fourth-order valence-corrected chi connectivity index (χ4v) is 4.83. The molecule has 33 heavy (non-hydrogen) atoms. The van der Waals surface area contributed by atoms with Gasteiger partial charge in [0.25, 0.3) is 0 Å². The molecular weight excluding hydrogens is 430 g/mol. The van der Waals surface area contributed by atoms with E-state index in [-0.39, 0.29) is 0 Å². The quantitative estimate of drug-likeness (QED) is 0.343. The molecule has 6 heterocycles. The number of thiophene rings is 1. The third kappa shape index (κ3) is 3.32. The molecule has 0 bridgehead atoms. The third-order valence-corrected chi connectivity index (χ3v) is 6.81. The predicted octanol–water partition coefficient (Wildman–Crippen LogP) is 6.03. The number of H-pyrrole nitrogens is 2. The average Bonchev–Trinajstić information content (AvgIpc) is 3.55. The van der Waals surface area contributed by atoms with Crippen molar-refractivity contribution in [3.63, 3.8) is 0 Å². The van der Waals surface area contributed by atoms with Crippen molar-refractivity contribution in [1.29, 1.82) is 0 Å². The summed E-state index contributed by atoms with van der Waals surface area (Å²) in [5.41, 5.74) is 8.23. The van der Waals surface area contributed by atoms with Gasteiger partial charge in [0.05, 0.1) is 29.1 Å². The van der Waals surface area contributed by atoms with E-state index in [0.29, 0.717) is 5.82 Å². The highest BCUT2D eigenvalue weighted by molar-refractivity contribution is 7.16. The van der Waals surface area contributed by atoms with E-state index in [0.717, 1.165) is 65.3 Å². The normalized spacial score (nSPS) is 11.5. The summed E-state index contributed by atoms with van der Waals surface area (Å²) in [7, 11) is 0. The predicted molar refractivity (Wildman–Crippen MR) is 133 cm³/mol. The molecule has 0 unspecified atom stereocenters. The molecule has 0 aliphatic carbocycles. The fraction of sp³-hybridized carbons (Fsp3) is 0.0800. The molecule has 0 fully saturated rings. The van der Waals surface area contributed by atoms with Crippen LogP contribution in [0.2, 0.25) is 0 Å². The van der Waals surface area contributed by atoms with Crippen LogP contribution in [0.1, 0.15) is 17.4 Å². The number of aromatic amines is 2. The van der Waals surface area contributed by atoms with Crippen molar-refractivity contribution in [3.05, 3.63) is 72.3 Å². The molecule has 2 N–H and O–H groups in total. The van der Waals surface area contributed by atoms with Gasteiger partial charge in [-0.05, 0) is 49.2 Å². The maximum atomic E-state index is 4.93. The minimum Gasteiger partial charge on any atom is -0.335 e. The molecule has 8 heteroatoms. The number of fused-ring (bicyclic) bond motifs is 2. The molecule has 0 saturated carbocycles. The summed E-state index contributed by atoms with van der Waals surface area (Å²) in [5, 5.41) is 8.55. The van der Waals surface area contributed by atoms with Crippen LogP contribution in [0.5, 0.6) is 0 Å². The van der Waals surface area contributed by atoms with E-state index in [2.05, 4.69) is 54.9 Å². The highest BCUT2D eigenvalue weighted by Gasteiger charge is 2.17. The Bertz CT molecular complexity index is 1670. The van der Waals surface area contributed by atoms with Gasteiger partial charge in [-0.1, -0.05) is 6.58 Å². The van der Waals surface area contributed by atoms with Gasteiger partial charge in [-0.25, -0.2) is 4.98 Å². The van der Waals surface area contributed by atoms with Crippen molar-refractivity contribution in [2.24, 2.45) is 0 Å². The van der Waals surface area contributed by atoms with Gasteiger partial charge in [0, 0.05) is 44.9 Å². The number of hydrogen-bond donors (Lipinski definition) is 2.